The van der Waals surface area contributed by atoms with E-state index in [9.17, 15) is 0 Å². The predicted molar refractivity (Wildman–Crippen MR) is 59.5 cm³/mol. The number of aryl methyl sites for hydroxylation is 1. The fourth-order valence-corrected chi connectivity index (χ4v) is 1.47. The Kier molecular flexibility index (Phi) is 2.72. The van der Waals surface area contributed by atoms with Crippen molar-refractivity contribution in [3.63, 3.8) is 0 Å². The van der Waals surface area contributed by atoms with E-state index in [1.54, 1.807) is 17.9 Å². The third kappa shape index (κ3) is 1.69. The molecule has 0 saturated heterocycles. The van der Waals surface area contributed by atoms with Crippen molar-refractivity contribution in [1.29, 1.82) is 0 Å². The van der Waals surface area contributed by atoms with Crippen molar-refractivity contribution < 1.29 is 4.74 Å². The Morgan fingerprint density at radius 1 is 1.44 bits per heavy atom. The van der Waals surface area contributed by atoms with Crippen LogP contribution >= 0.6 is 0 Å². The van der Waals surface area contributed by atoms with Crippen molar-refractivity contribution in [3.05, 3.63) is 24.0 Å². The van der Waals surface area contributed by atoms with Crippen LogP contribution in [0.15, 0.2) is 18.2 Å². The first kappa shape index (κ1) is 10.4. The average Bonchev–Trinajstić information content (AvgIpc) is 2.76. The summed E-state index contributed by atoms with van der Waals surface area (Å²) >= 11 is 0. The van der Waals surface area contributed by atoms with Crippen LogP contribution in [0.4, 0.5) is 5.69 Å². The number of aromatic nitrogens is 4. The molecule has 0 saturated carbocycles. The number of nitrogens with two attached hydrogens (primary N) is 1. The average molecular weight is 219 g/mol. The van der Waals surface area contributed by atoms with E-state index in [4.69, 9.17) is 10.5 Å². The zero-order valence-corrected chi connectivity index (χ0v) is 9.21. The summed E-state index contributed by atoms with van der Waals surface area (Å²) in [6.45, 7) is 1.99. The lowest BCUT2D eigenvalue weighted by Crippen LogP contribution is -2.05. The summed E-state index contributed by atoms with van der Waals surface area (Å²) in [6, 6.07) is 5.41. The first-order valence-corrected chi connectivity index (χ1v) is 4.97. The number of hydrogen-bond acceptors (Lipinski definition) is 5. The fraction of sp³-hybridized carbons (Fsp3) is 0.300. The Labute approximate surface area is 93.0 Å². The summed E-state index contributed by atoms with van der Waals surface area (Å²) in [5.41, 5.74) is 7.27. The van der Waals surface area contributed by atoms with Crippen molar-refractivity contribution >= 4 is 5.69 Å². The zero-order valence-electron chi connectivity index (χ0n) is 9.21. The molecule has 2 rings (SSSR count). The zero-order chi connectivity index (χ0) is 11.5. The van der Waals surface area contributed by atoms with Gasteiger partial charge < -0.3 is 10.5 Å². The van der Waals surface area contributed by atoms with Crippen molar-refractivity contribution in [1.82, 2.24) is 20.2 Å². The number of methoxy groups -OCH3 is 1. The number of anilines is 1. The first-order chi connectivity index (χ1) is 7.76. The molecule has 0 aliphatic carbocycles. The van der Waals surface area contributed by atoms with E-state index in [-0.39, 0.29) is 0 Å². The maximum absolute atomic E-state index is 5.92. The van der Waals surface area contributed by atoms with Crippen LogP contribution in [-0.4, -0.2) is 27.3 Å². The van der Waals surface area contributed by atoms with Crippen LogP contribution in [0.5, 0.6) is 5.75 Å². The summed E-state index contributed by atoms with van der Waals surface area (Å²) in [5, 5.41) is 11.4. The standard InChI is InChI=1S/C10H13N5O/c1-3-10-12-13-14-15(10)9-5-4-7(16-2)6-8(9)11/h4-6H,3,11H2,1-2H3. The summed E-state index contributed by atoms with van der Waals surface area (Å²) in [6.07, 6.45) is 0.748. The fourth-order valence-electron chi connectivity index (χ4n) is 1.47. The van der Waals surface area contributed by atoms with Gasteiger partial charge in [-0.1, -0.05) is 6.92 Å². The van der Waals surface area contributed by atoms with Gasteiger partial charge in [0.15, 0.2) is 5.82 Å². The molecule has 6 heteroatoms. The van der Waals surface area contributed by atoms with Gasteiger partial charge in [0.25, 0.3) is 0 Å². The van der Waals surface area contributed by atoms with Gasteiger partial charge in [0, 0.05) is 12.5 Å². The molecule has 16 heavy (non-hydrogen) atoms. The number of nitrogen functional groups attached to an aromatic ring is 1. The van der Waals surface area contributed by atoms with E-state index in [1.165, 1.54) is 0 Å². The van der Waals surface area contributed by atoms with Crippen molar-refractivity contribution in [3.8, 4) is 11.4 Å². The Balaban J connectivity index is 2.48. The number of hydrogen-bond donors (Lipinski definition) is 1. The third-order valence-corrected chi connectivity index (χ3v) is 2.31. The van der Waals surface area contributed by atoms with Gasteiger partial charge in [0.05, 0.1) is 18.5 Å². The van der Waals surface area contributed by atoms with Crippen LogP contribution < -0.4 is 10.5 Å². The van der Waals surface area contributed by atoms with Gasteiger partial charge in [-0.3, -0.25) is 0 Å². The lowest BCUT2D eigenvalue weighted by atomic mass is 10.2. The first-order valence-electron chi connectivity index (χ1n) is 4.97. The number of benzene rings is 1. The molecule has 1 aromatic heterocycles. The van der Waals surface area contributed by atoms with Crippen molar-refractivity contribution in [2.75, 3.05) is 12.8 Å². The summed E-state index contributed by atoms with van der Waals surface area (Å²) in [4.78, 5) is 0. The van der Waals surface area contributed by atoms with Crippen LogP contribution in [0.3, 0.4) is 0 Å². The normalized spacial score (nSPS) is 10.4. The van der Waals surface area contributed by atoms with Crippen LogP contribution in [-0.2, 0) is 6.42 Å². The summed E-state index contributed by atoms with van der Waals surface area (Å²) in [5.74, 6) is 1.49. The highest BCUT2D eigenvalue weighted by molar-refractivity contribution is 5.60. The maximum Gasteiger partial charge on any atom is 0.156 e. The van der Waals surface area contributed by atoms with E-state index in [2.05, 4.69) is 15.5 Å². The molecule has 0 atom stereocenters. The Morgan fingerprint density at radius 3 is 2.88 bits per heavy atom. The largest absolute Gasteiger partial charge is 0.497 e. The van der Waals surface area contributed by atoms with E-state index in [0.717, 1.165) is 17.9 Å². The molecule has 0 fully saturated rings. The molecule has 0 bridgehead atoms. The molecule has 0 aliphatic heterocycles. The molecule has 0 spiro atoms. The second-order valence-electron chi connectivity index (χ2n) is 3.29. The summed E-state index contributed by atoms with van der Waals surface area (Å²) in [7, 11) is 1.60. The van der Waals surface area contributed by atoms with Gasteiger partial charge in [0.2, 0.25) is 0 Å². The Bertz CT molecular complexity index is 494. The Morgan fingerprint density at radius 2 is 2.25 bits per heavy atom. The minimum Gasteiger partial charge on any atom is -0.497 e. The predicted octanol–water partition coefficient (Wildman–Crippen LogP) is 0.815. The molecule has 1 heterocycles. The highest BCUT2D eigenvalue weighted by Gasteiger charge is 2.09. The van der Waals surface area contributed by atoms with Gasteiger partial charge >= 0.3 is 0 Å². The lowest BCUT2D eigenvalue weighted by Gasteiger charge is -2.08. The molecule has 0 unspecified atom stereocenters. The van der Waals surface area contributed by atoms with Crippen molar-refractivity contribution in [2.24, 2.45) is 0 Å². The molecular formula is C10H13N5O. The second kappa shape index (κ2) is 4.18. The van der Waals surface area contributed by atoms with Gasteiger partial charge in [-0.15, -0.1) is 5.10 Å². The van der Waals surface area contributed by atoms with Crippen molar-refractivity contribution in [2.45, 2.75) is 13.3 Å². The molecule has 1 aromatic carbocycles. The third-order valence-electron chi connectivity index (χ3n) is 2.31. The molecule has 6 nitrogen and oxygen atoms in total. The molecule has 0 amide bonds. The van der Waals surface area contributed by atoms with Gasteiger partial charge in [-0.2, -0.15) is 4.68 Å². The summed E-state index contributed by atoms with van der Waals surface area (Å²) < 4.78 is 6.72. The van der Waals surface area contributed by atoms with E-state index in [0.29, 0.717) is 11.4 Å². The van der Waals surface area contributed by atoms with Crippen LogP contribution in [0.25, 0.3) is 5.69 Å². The topological polar surface area (TPSA) is 78.8 Å². The molecule has 84 valence electrons. The van der Waals surface area contributed by atoms with E-state index >= 15 is 0 Å². The maximum atomic E-state index is 5.92. The molecule has 2 aromatic rings. The number of ether oxygens (including phenoxy) is 1. The van der Waals surface area contributed by atoms with Crippen LogP contribution in [0.2, 0.25) is 0 Å². The van der Waals surface area contributed by atoms with Gasteiger partial charge in [0.1, 0.15) is 5.75 Å². The van der Waals surface area contributed by atoms with E-state index in [1.807, 2.05) is 19.1 Å². The highest BCUT2D eigenvalue weighted by Crippen LogP contribution is 2.22. The SMILES string of the molecule is CCc1nnnn1-c1ccc(OC)cc1N. The van der Waals surface area contributed by atoms with Crippen LogP contribution in [0.1, 0.15) is 12.7 Å². The minimum absolute atomic E-state index is 0.585. The lowest BCUT2D eigenvalue weighted by molar-refractivity contribution is 0.415. The van der Waals surface area contributed by atoms with Gasteiger partial charge in [-0.25, -0.2) is 0 Å². The quantitative estimate of drug-likeness (QED) is 0.773. The monoisotopic (exact) mass is 219 g/mol. The van der Waals surface area contributed by atoms with E-state index < -0.39 is 0 Å². The molecule has 0 aliphatic rings. The number of nitrogens with zero attached hydrogens (tertiary/aromatic N) is 4. The van der Waals surface area contributed by atoms with Gasteiger partial charge in [-0.05, 0) is 22.6 Å². The number of rotatable bonds is 3. The Hall–Kier alpha value is -2.11. The minimum atomic E-state index is 0.585. The highest BCUT2D eigenvalue weighted by atomic mass is 16.5. The number of tetrazole rings is 1. The van der Waals surface area contributed by atoms with Crippen LogP contribution in [0, 0.1) is 0 Å². The second-order valence-corrected chi connectivity index (χ2v) is 3.29. The smallest absolute Gasteiger partial charge is 0.156 e. The molecular weight excluding hydrogens is 206 g/mol. The molecule has 0 radical (unpaired) electrons. The molecule has 2 N–H and O–H groups in total.